The van der Waals surface area contributed by atoms with E-state index < -0.39 is 0 Å². The smallest absolute Gasteiger partial charge is 0.00721 e. The van der Waals surface area contributed by atoms with E-state index in [1.54, 1.807) is 0 Å². The third kappa shape index (κ3) is 5.01. The zero-order valence-electron chi connectivity index (χ0n) is 10.9. The van der Waals surface area contributed by atoms with Crippen LogP contribution >= 0.6 is 0 Å². The Morgan fingerprint density at radius 3 is 2.67 bits per heavy atom. The maximum Gasteiger partial charge on any atom is 0.00721 e. The monoisotopic (exact) mass is 211 g/mol. The average Bonchev–Trinajstić information content (AvgIpc) is 2.24. The molecule has 0 aromatic carbocycles. The normalized spacial score (nSPS) is 29.0. The van der Waals surface area contributed by atoms with E-state index in [9.17, 15) is 0 Å². The van der Waals surface area contributed by atoms with Gasteiger partial charge in [0.2, 0.25) is 0 Å². The molecule has 1 saturated heterocycles. The molecule has 0 spiro atoms. The fourth-order valence-electron chi connectivity index (χ4n) is 2.81. The first-order valence-corrected chi connectivity index (χ1v) is 7.02. The summed E-state index contributed by atoms with van der Waals surface area (Å²) in [6.45, 7) is 6.99. The number of hydrogen-bond donors (Lipinski definition) is 1. The summed E-state index contributed by atoms with van der Waals surface area (Å²) in [7, 11) is 0. The lowest BCUT2D eigenvalue weighted by Gasteiger charge is -2.31. The van der Waals surface area contributed by atoms with Crippen molar-refractivity contribution in [2.45, 2.75) is 84.2 Å². The van der Waals surface area contributed by atoms with Crippen molar-refractivity contribution in [3.8, 4) is 0 Å². The molecule has 0 aromatic heterocycles. The molecule has 1 N–H and O–H groups in total. The van der Waals surface area contributed by atoms with E-state index in [-0.39, 0.29) is 0 Å². The van der Waals surface area contributed by atoms with E-state index in [4.69, 9.17) is 0 Å². The molecule has 3 unspecified atom stereocenters. The van der Waals surface area contributed by atoms with Crippen molar-refractivity contribution < 1.29 is 0 Å². The Morgan fingerprint density at radius 1 is 1.27 bits per heavy atom. The lowest BCUT2D eigenvalue weighted by molar-refractivity contribution is 0.273. The summed E-state index contributed by atoms with van der Waals surface area (Å²) in [5.74, 6) is 0.966. The fraction of sp³-hybridized carbons (Fsp3) is 1.00. The van der Waals surface area contributed by atoms with Crippen LogP contribution in [0, 0.1) is 5.92 Å². The van der Waals surface area contributed by atoms with Crippen LogP contribution in [0.25, 0.3) is 0 Å². The van der Waals surface area contributed by atoms with Crippen molar-refractivity contribution in [3.05, 3.63) is 0 Å². The summed E-state index contributed by atoms with van der Waals surface area (Å²) in [6, 6.07) is 1.57. The highest BCUT2D eigenvalue weighted by Crippen LogP contribution is 2.23. The van der Waals surface area contributed by atoms with E-state index in [1.165, 1.54) is 51.4 Å². The highest BCUT2D eigenvalue weighted by atomic mass is 15.0. The molecule has 1 heteroatoms. The predicted octanol–water partition coefficient (Wildman–Crippen LogP) is 4.12. The second-order valence-corrected chi connectivity index (χ2v) is 5.35. The maximum atomic E-state index is 3.76. The number of nitrogens with one attached hydrogen (secondary N) is 1. The van der Waals surface area contributed by atoms with Crippen LogP contribution in [0.4, 0.5) is 0 Å². The van der Waals surface area contributed by atoms with Gasteiger partial charge in [0.15, 0.2) is 0 Å². The van der Waals surface area contributed by atoms with Gasteiger partial charge in [0.05, 0.1) is 0 Å². The lowest BCUT2D eigenvalue weighted by Crippen LogP contribution is -2.41. The zero-order chi connectivity index (χ0) is 11.1. The number of unbranched alkanes of at least 4 members (excludes halogenated alkanes) is 1. The summed E-state index contributed by atoms with van der Waals surface area (Å²) in [5.41, 5.74) is 0. The summed E-state index contributed by atoms with van der Waals surface area (Å²) in [4.78, 5) is 0. The minimum atomic E-state index is 0.757. The Hall–Kier alpha value is -0.0400. The second-order valence-electron chi connectivity index (χ2n) is 5.35. The van der Waals surface area contributed by atoms with Gasteiger partial charge in [0.1, 0.15) is 0 Å². The van der Waals surface area contributed by atoms with Crippen molar-refractivity contribution in [2.24, 2.45) is 5.92 Å². The van der Waals surface area contributed by atoms with Gasteiger partial charge in [-0.3, -0.25) is 0 Å². The molecule has 0 bridgehead atoms. The quantitative estimate of drug-likeness (QED) is 0.697. The molecule has 0 aliphatic carbocycles. The van der Waals surface area contributed by atoms with Crippen LogP contribution in [0.2, 0.25) is 0 Å². The summed E-state index contributed by atoms with van der Waals surface area (Å²) >= 11 is 0. The van der Waals surface area contributed by atoms with Crippen molar-refractivity contribution in [2.75, 3.05) is 0 Å². The topological polar surface area (TPSA) is 12.0 Å². The molecule has 3 atom stereocenters. The average molecular weight is 211 g/mol. The minimum absolute atomic E-state index is 0.757. The molecule has 1 nitrogen and oxygen atoms in total. The molecule has 0 aromatic rings. The van der Waals surface area contributed by atoms with Gasteiger partial charge in [-0.15, -0.1) is 0 Å². The highest BCUT2D eigenvalue weighted by Gasteiger charge is 2.20. The van der Waals surface area contributed by atoms with Gasteiger partial charge in [-0.05, 0) is 32.1 Å². The molecule has 0 amide bonds. The van der Waals surface area contributed by atoms with Crippen LogP contribution < -0.4 is 5.32 Å². The SMILES string of the molecule is CCCCC(CC)CC1CCCC(C)N1. The van der Waals surface area contributed by atoms with Gasteiger partial charge in [0.25, 0.3) is 0 Å². The van der Waals surface area contributed by atoms with E-state index in [2.05, 4.69) is 26.1 Å². The maximum absolute atomic E-state index is 3.76. The Kier molecular flexibility index (Phi) is 6.31. The third-order valence-electron chi connectivity index (χ3n) is 3.87. The minimum Gasteiger partial charge on any atom is -0.311 e. The first-order chi connectivity index (χ1) is 7.26. The van der Waals surface area contributed by atoms with Gasteiger partial charge in [0, 0.05) is 12.1 Å². The van der Waals surface area contributed by atoms with Crippen LogP contribution in [0.5, 0.6) is 0 Å². The van der Waals surface area contributed by atoms with E-state index in [0.717, 1.165) is 18.0 Å². The molecular weight excluding hydrogens is 182 g/mol. The third-order valence-corrected chi connectivity index (χ3v) is 3.87. The van der Waals surface area contributed by atoms with Gasteiger partial charge >= 0.3 is 0 Å². The van der Waals surface area contributed by atoms with Crippen molar-refractivity contribution in [1.29, 1.82) is 0 Å². The number of rotatable bonds is 6. The molecular formula is C14H29N. The van der Waals surface area contributed by atoms with Crippen molar-refractivity contribution in [3.63, 3.8) is 0 Å². The Bertz CT molecular complexity index is 155. The van der Waals surface area contributed by atoms with Gasteiger partial charge in [-0.25, -0.2) is 0 Å². The van der Waals surface area contributed by atoms with Crippen LogP contribution in [0.15, 0.2) is 0 Å². The largest absolute Gasteiger partial charge is 0.311 e. The molecule has 0 radical (unpaired) electrons. The zero-order valence-corrected chi connectivity index (χ0v) is 10.9. The first kappa shape index (κ1) is 13.0. The lowest BCUT2D eigenvalue weighted by atomic mass is 9.87. The second kappa shape index (κ2) is 7.27. The van der Waals surface area contributed by atoms with Crippen LogP contribution in [0.3, 0.4) is 0 Å². The highest BCUT2D eigenvalue weighted by molar-refractivity contribution is 4.79. The van der Waals surface area contributed by atoms with Gasteiger partial charge in [-0.1, -0.05) is 46.0 Å². The Labute approximate surface area is 96.0 Å². The van der Waals surface area contributed by atoms with Crippen LogP contribution in [-0.4, -0.2) is 12.1 Å². The first-order valence-electron chi connectivity index (χ1n) is 7.02. The standard InChI is InChI=1S/C14H29N/c1-4-6-9-13(5-2)11-14-10-7-8-12(3)15-14/h12-15H,4-11H2,1-3H3. The van der Waals surface area contributed by atoms with Crippen molar-refractivity contribution in [1.82, 2.24) is 5.32 Å². The van der Waals surface area contributed by atoms with E-state index >= 15 is 0 Å². The van der Waals surface area contributed by atoms with Crippen LogP contribution in [0.1, 0.15) is 72.1 Å². The molecule has 1 rings (SSSR count). The Morgan fingerprint density at radius 2 is 2.07 bits per heavy atom. The van der Waals surface area contributed by atoms with Crippen LogP contribution in [-0.2, 0) is 0 Å². The number of hydrogen-bond acceptors (Lipinski definition) is 1. The summed E-state index contributed by atoms with van der Waals surface area (Å²) in [6.07, 6.45) is 11.2. The van der Waals surface area contributed by atoms with E-state index in [0.29, 0.717) is 0 Å². The molecule has 1 aliphatic rings. The molecule has 15 heavy (non-hydrogen) atoms. The van der Waals surface area contributed by atoms with Crippen molar-refractivity contribution >= 4 is 0 Å². The number of piperidine rings is 1. The van der Waals surface area contributed by atoms with E-state index in [1.807, 2.05) is 0 Å². The Balaban J connectivity index is 2.24. The predicted molar refractivity (Wildman–Crippen MR) is 68.2 cm³/mol. The molecule has 1 heterocycles. The summed E-state index contributed by atoms with van der Waals surface area (Å²) in [5, 5.41) is 3.76. The molecule has 1 aliphatic heterocycles. The van der Waals surface area contributed by atoms with Gasteiger partial charge in [-0.2, -0.15) is 0 Å². The fourth-order valence-corrected chi connectivity index (χ4v) is 2.81. The van der Waals surface area contributed by atoms with Gasteiger partial charge < -0.3 is 5.32 Å². The summed E-state index contributed by atoms with van der Waals surface area (Å²) < 4.78 is 0. The molecule has 90 valence electrons. The molecule has 1 fully saturated rings. The molecule has 0 saturated carbocycles.